The van der Waals surface area contributed by atoms with Crippen LogP contribution in [-0.2, 0) is 11.2 Å². The first-order valence-corrected chi connectivity index (χ1v) is 8.06. The molecule has 0 aliphatic heterocycles. The smallest absolute Gasteiger partial charge is 0.0914 e. The number of rotatable bonds is 10. The number of hydrogen-bond acceptors (Lipinski definition) is 3. The molecule has 0 bridgehead atoms. The third-order valence-corrected chi connectivity index (χ3v) is 3.61. The number of methoxy groups -OCH3 is 1. The van der Waals surface area contributed by atoms with Crippen LogP contribution in [0.15, 0.2) is 24.3 Å². The Bertz CT molecular complexity index is 369. The molecule has 0 saturated carbocycles. The van der Waals surface area contributed by atoms with Crippen LogP contribution >= 0.6 is 0 Å². The van der Waals surface area contributed by atoms with Gasteiger partial charge in [0.05, 0.1) is 12.7 Å². The first kappa shape index (κ1) is 18.1. The topological polar surface area (TPSA) is 41.5 Å². The number of nitrogens with one attached hydrogen (secondary N) is 1. The number of aliphatic hydroxyl groups is 1. The quantitative estimate of drug-likeness (QED) is 0.695. The number of hydrogen-bond donors (Lipinski definition) is 2. The second-order valence-corrected chi connectivity index (χ2v) is 6.20. The van der Waals surface area contributed by atoms with Crippen molar-refractivity contribution in [3.63, 3.8) is 0 Å². The molecule has 3 heteroatoms. The van der Waals surface area contributed by atoms with Crippen molar-refractivity contribution in [1.29, 1.82) is 0 Å². The monoisotopic (exact) mass is 293 g/mol. The number of aliphatic hydroxyl groups excluding tert-OH is 1. The molecule has 3 nitrogen and oxygen atoms in total. The molecule has 0 amide bonds. The summed E-state index contributed by atoms with van der Waals surface area (Å²) in [5.41, 5.74) is 2.31. The van der Waals surface area contributed by atoms with Gasteiger partial charge in [-0.2, -0.15) is 0 Å². The summed E-state index contributed by atoms with van der Waals surface area (Å²) in [7, 11) is 1.72. The Morgan fingerprint density at radius 1 is 1.19 bits per heavy atom. The number of ether oxygens (including phenoxy) is 1. The molecule has 0 saturated heterocycles. The summed E-state index contributed by atoms with van der Waals surface area (Å²) >= 11 is 0. The van der Waals surface area contributed by atoms with E-state index in [9.17, 15) is 5.11 Å². The van der Waals surface area contributed by atoms with Crippen molar-refractivity contribution >= 4 is 0 Å². The van der Waals surface area contributed by atoms with Gasteiger partial charge in [-0.15, -0.1) is 0 Å². The minimum absolute atomic E-state index is 0.315. The van der Waals surface area contributed by atoms with Crippen LogP contribution < -0.4 is 5.32 Å². The van der Waals surface area contributed by atoms with E-state index in [1.807, 2.05) is 12.1 Å². The molecule has 0 aliphatic rings. The van der Waals surface area contributed by atoms with Crippen molar-refractivity contribution in [2.45, 2.75) is 52.2 Å². The average Bonchev–Trinajstić information content (AvgIpc) is 2.45. The molecule has 0 aromatic heterocycles. The highest BCUT2D eigenvalue weighted by Crippen LogP contribution is 2.15. The van der Waals surface area contributed by atoms with Crippen LogP contribution in [0.2, 0.25) is 0 Å². The van der Waals surface area contributed by atoms with Crippen LogP contribution in [0, 0.1) is 5.92 Å². The second kappa shape index (κ2) is 9.93. The Morgan fingerprint density at radius 3 is 2.38 bits per heavy atom. The van der Waals surface area contributed by atoms with E-state index in [0.29, 0.717) is 25.1 Å². The third-order valence-electron chi connectivity index (χ3n) is 3.61. The lowest BCUT2D eigenvalue weighted by Crippen LogP contribution is -2.36. The summed E-state index contributed by atoms with van der Waals surface area (Å²) in [6.07, 6.45) is 2.80. The van der Waals surface area contributed by atoms with Gasteiger partial charge in [-0.25, -0.2) is 0 Å². The average molecular weight is 293 g/mol. The molecule has 1 aromatic rings. The van der Waals surface area contributed by atoms with Crippen molar-refractivity contribution in [2.75, 3.05) is 20.3 Å². The van der Waals surface area contributed by atoms with E-state index in [-0.39, 0.29) is 0 Å². The van der Waals surface area contributed by atoms with Gasteiger partial charge in [0.15, 0.2) is 0 Å². The van der Waals surface area contributed by atoms with Gasteiger partial charge in [0.2, 0.25) is 0 Å². The van der Waals surface area contributed by atoms with Gasteiger partial charge in [0, 0.05) is 19.7 Å². The summed E-state index contributed by atoms with van der Waals surface area (Å²) in [5, 5.41) is 13.7. The maximum atomic E-state index is 10.3. The zero-order valence-electron chi connectivity index (χ0n) is 13.9. The Labute approximate surface area is 129 Å². The fraction of sp³-hybridized carbons (Fsp3) is 0.667. The van der Waals surface area contributed by atoms with E-state index in [1.165, 1.54) is 5.56 Å². The summed E-state index contributed by atoms with van der Waals surface area (Å²) in [5.74, 6) is 0.659. The fourth-order valence-electron chi connectivity index (χ4n) is 2.54. The van der Waals surface area contributed by atoms with Crippen molar-refractivity contribution in [3.8, 4) is 0 Å². The van der Waals surface area contributed by atoms with Crippen LogP contribution in [0.1, 0.15) is 50.8 Å². The summed E-state index contributed by atoms with van der Waals surface area (Å²) in [6, 6.07) is 8.63. The van der Waals surface area contributed by atoms with Gasteiger partial charge in [0.25, 0.3) is 0 Å². The van der Waals surface area contributed by atoms with E-state index in [0.717, 1.165) is 24.8 Å². The van der Waals surface area contributed by atoms with Crippen molar-refractivity contribution in [2.24, 2.45) is 5.92 Å². The highest BCUT2D eigenvalue weighted by Gasteiger charge is 2.12. The third kappa shape index (κ3) is 7.07. The summed E-state index contributed by atoms with van der Waals surface area (Å²) < 4.78 is 5.20. The summed E-state index contributed by atoms with van der Waals surface area (Å²) in [4.78, 5) is 0. The van der Waals surface area contributed by atoms with Crippen molar-refractivity contribution in [3.05, 3.63) is 35.4 Å². The molecule has 1 rings (SSSR count). The Morgan fingerprint density at radius 2 is 1.86 bits per heavy atom. The lowest BCUT2D eigenvalue weighted by molar-refractivity contribution is 0.136. The SMILES string of the molecule is CCCC(COC)NCC(O)c1ccc(CC(C)C)cc1. The largest absolute Gasteiger partial charge is 0.387 e. The fourth-order valence-corrected chi connectivity index (χ4v) is 2.54. The van der Waals surface area contributed by atoms with Crippen LogP contribution in [-0.4, -0.2) is 31.4 Å². The Balaban J connectivity index is 2.48. The maximum Gasteiger partial charge on any atom is 0.0914 e. The molecule has 0 fully saturated rings. The van der Waals surface area contributed by atoms with E-state index in [1.54, 1.807) is 7.11 Å². The van der Waals surface area contributed by atoms with Gasteiger partial charge < -0.3 is 15.2 Å². The molecule has 120 valence electrons. The zero-order valence-corrected chi connectivity index (χ0v) is 13.9. The molecule has 2 N–H and O–H groups in total. The molecule has 0 radical (unpaired) electrons. The Hall–Kier alpha value is -0.900. The standard InChI is InChI=1S/C18H31NO2/c1-5-6-17(13-21-4)19-12-18(20)16-9-7-15(8-10-16)11-14(2)3/h7-10,14,17-20H,5-6,11-13H2,1-4H3. The van der Waals surface area contributed by atoms with Gasteiger partial charge in [0.1, 0.15) is 0 Å². The minimum Gasteiger partial charge on any atom is -0.387 e. The summed E-state index contributed by atoms with van der Waals surface area (Å²) in [6.45, 7) is 7.85. The minimum atomic E-state index is -0.464. The van der Waals surface area contributed by atoms with Crippen LogP contribution in [0.3, 0.4) is 0 Å². The van der Waals surface area contributed by atoms with E-state index in [2.05, 4.69) is 38.2 Å². The maximum absolute atomic E-state index is 10.3. The predicted octanol–water partition coefficient (Wildman–Crippen LogP) is 3.32. The van der Waals surface area contributed by atoms with Crippen molar-refractivity contribution < 1.29 is 9.84 Å². The zero-order chi connectivity index (χ0) is 15.7. The lowest BCUT2D eigenvalue weighted by atomic mass is 10.00. The van der Waals surface area contributed by atoms with Gasteiger partial charge >= 0.3 is 0 Å². The van der Waals surface area contributed by atoms with E-state index in [4.69, 9.17) is 4.74 Å². The van der Waals surface area contributed by atoms with Crippen molar-refractivity contribution in [1.82, 2.24) is 5.32 Å². The highest BCUT2D eigenvalue weighted by atomic mass is 16.5. The lowest BCUT2D eigenvalue weighted by Gasteiger charge is -2.20. The first-order valence-electron chi connectivity index (χ1n) is 8.06. The molecule has 0 heterocycles. The Kier molecular flexibility index (Phi) is 8.58. The van der Waals surface area contributed by atoms with Gasteiger partial charge in [-0.05, 0) is 29.9 Å². The molecule has 2 atom stereocenters. The van der Waals surface area contributed by atoms with Gasteiger partial charge in [-0.3, -0.25) is 0 Å². The van der Waals surface area contributed by atoms with Crippen LogP contribution in [0.4, 0.5) is 0 Å². The van der Waals surface area contributed by atoms with E-state index < -0.39 is 6.10 Å². The molecule has 21 heavy (non-hydrogen) atoms. The first-order chi connectivity index (χ1) is 10.1. The normalized spacial score (nSPS) is 14.4. The highest BCUT2D eigenvalue weighted by molar-refractivity contribution is 5.24. The van der Waals surface area contributed by atoms with Crippen LogP contribution in [0.25, 0.3) is 0 Å². The predicted molar refractivity (Wildman–Crippen MR) is 88.5 cm³/mol. The molecular weight excluding hydrogens is 262 g/mol. The van der Waals surface area contributed by atoms with Crippen LogP contribution in [0.5, 0.6) is 0 Å². The molecular formula is C18H31NO2. The molecule has 0 aliphatic carbocycles. The molecule has 1 aromatic carbocycles. The van der Waals surface area contributed by atoms with Gasteiger partial charge in [-0.1, -0.05) is 51.5 Å². The molecule has 0 spiro atoms. The van der Waals surface area contributed by atoms with E-state index >= 15 is 0 Å². The second-order valence-electron chi connectivity index (χ2n) is 6.20. The molecule has 2 unspecified atom stereocenters. The number of benzene rings is 1.